The van der Waals surface area contributed by atoms with Crippen LogP contribution in [0.5, 0.6) is 0 Å². The first kappa shape index (κ1) is 30.0. The first-order valence-electron chi connectivity index (χ1n) is 12.9. The molecule has 3 aromatic rings. The summed E-state index contributed by atoms with van der Waals surface area (Å²) in [7, 11) is -4.72. The number of aliphatic hydroxyl groups is 1. The van der Waals surface area contributed by atoms with Crippen molar-refractivity contribution in [1.29, 1.82) is 0 Å². The number of nitrogens with zero attached hydrogens (tertiary/aromatic N) is 4. The van der Waals surface area contributed by atoms with Gasteiger partial charge in [0, 0.05) is 33.0 Å². The fourth-order valence-electron chi connectivity index (χ4n) is 4.48. The van der Waals surface area contributed by atoms with Gasteiger partial charge in [0.25, 0.3) is 5.91 Å². The summed E-state index contributed by atoms with van der Waals surface area (Å²) in [6.45, 7) is 6.87. The maximum atomic E-state index is 14.1. The highest BCUT2D eigenvalue weighted by molar-refractivity contribution is 7.91. The summed E-state index contributed by atoms with van der Waals surface area (Å²) in [5.41, 5.74) is 0.151. The number of halogens is 2. The van der Waals surface area contributed by atoms with Crippen molar-refractivity contribution in [2.75, 3.05) is 18.2 Å². The molecule has 4 rings (SSSR count). The molecule has 1 unspecified atom stereocenters. The highest BCUT2D eigenvalue weighted by Crippen LogP contribution is 2.31. The molecule has 0 aliphatic heterocycles. The summed E-state index contributed by atoms with van der Waals surface area (Å²) in [6.07, 6.45) is 1.66. The number of anilines is 1. The monoisotopic (exact) mass is 596 g/mol. The van der Waals surface area contributed by atoms with Crippen molar-refractivity contribution in [3.63, 3.8) is 0 Å². The van der Waals surface area contributed by atoms with Crippen molar-refractivity contribution in [1.82, 2.24) is 25.1 Å². The van der Waals surface area contributed by atoms with E-state index < -0.39 is 52.8 Å². The minimum atomic E-state index is -3.37. The standard InChI is InChI=1S/C25H34F2N6O5SSi/c1-39(36,37)17-10-19(20(34)11-17)31-23-21-22(25(35)28-12-15-9-16(26)5-6-18(15)27)32-33(24(21)30-13-29-23)14-38-7-8-40(2,3)4/h5-6,9,13,17,19-20,34H,7-8,10-12,14H2,1-4H3,(H,28,35)(H,29,30,31)/t17?,19-,20-/m1/s1. The maximum Gasteiger partial charge on any atom is 0.272 e. The summed E-state index contributed by atoms with van der Waals surface area (Å²) < 4.78 is 59.1. The molecule has 0 bridgehead atoms. The Morgan fingerprint density at radius 1 is 1.23 bits per heavy atom. The van der Waals surface area contributed by atoms with E-state index in [2.05, 4.69) is 45.3 Å². The second-order valence-corrected chi connectivity index (χ2v) is 19.2. The summed E-state index contributed by atoms with van der Waals surface area (Å²) in [6, 6.07) is 3.23. The van der Waals surface area contributed by atoms with E-state index in [0.29, 0.717) is 6.61 Å². The minimum Gasteiger partial charge on any atom is -0.391 e. The van der Waals surface area contributed by atoms with Gasteiger partial charge in [-0.15, -0.1) is 0 Å². The number of carbonyl (C=O) groups is 1. The van der Waals surface area contributed by atoms with Gasteiger partial charge in [-0.25, -0.2) is 31.8 Å². The van der Waals surface area contributed by atoms with E-state index in [4.69, 9.17) is 4.74 Å². The van der Waals surface area contributed by atoms with Crippen LogP contribution in [0.4, 0.5) is 14.6 Å². The average molecular weight is 597 g/mol. The van der Waals surface area contributed by atoms with E-state index >= 15 is 0 Å². The fourth-order valence-corrected chi connectivity index (χ4v) is 6.34. The molecule has 1 fully saturated rings. The van der Waals surface area contributed by atoms with Crippen LogP contribution in [0, 0.1) is 11.6 Å². The molecule has 0 saturated heterocycles. The van der Waals surface area contributed by atoms with Gasteiger partial charge in [0.05, 0.1) is 22.8 Å². The number of fused-ring (bicyclic) bond motifs is 1. The SMILES string of the molecule is C[Si](C)(C)CCOCn1nc(C(=O)NCc2cc(F)ccc2F)c2c(N[C@@H]3CC(S(C)(=O)=O)C[C@H]3O)ncnc21. The van der Waals surface area contributed by atoms with Crippen LogP contribution >= 0.6 is 0 Å². The number of aliphatic hydroxyl groups excluding tert-OH is 1. The average Bonchev–Trinajstić information content (AvgIpc) is 3.43. The van der Waals surface area contributed by atoms with Crippen LogP contribution in [0.3, 0.4) is 0 Å². The Hall–Kier alpha value is -3.01. The predicted octanol–water partition coefficient (Wildman–Crippen LogP) is 2.70. The van der Waals surface area contributed by atoms with Crippen LogP contribution in [0.2, 0.25) is 25.7 Å². The minimum absolute atomic E-state index is 0.00540. The van der Waals surface area contributed by atoms with Crippen LogP contribution < -0.4 is 10.6 Å². The fraction of sp³-hybridized carbons (Fsp3) is 0.520. The van der Waals surface area contributed by atoms with Crippen molar-refractivity contribution < 1.29 is 31.8 Å². The van der Waals surface area contributed by atoms with Crippen LogP contribution in [-0.4, -0.2) is 77.5 Å². The van der Waals surface area contributed by atoms with Crippen LogP contribution in [0.1, 0.15) is 28.9 Å². The lowest BCUT2D eigenvalue weighted by atomic mass is 10.2. The lowest BCUT2D eigenvalue weighted by molar-refractivity contribution is 0.0800. The molecule has 15 heteroatoms. The Balaban J connectivity index is 1.64. The third-order valence-electron chi connectivity index (χ3n) is 6.81. The number of ether oxygens (including phenoxy) is 1. The number of amides is 1. The van der Waals surface area contributed by atoms with Gasteiger partial charge < -0.3 is 20.5 Å². The third-order valence-corrected chi connectivity index (χ3v) is 10.1. The number of rotatable bonds is 11. The first-order chi connectivity index (χ1) is 18.7. The van der Waals surface area contributed by atoms with Gasteiger partial charge in [-0.1, -0.05) is 19.6 Å². The normalized spacial score (nSPS) is 19.7. The highest BCUT2D eigenvalue weighted by atomic mass is 32.2. The van der Waals surface area contributed by atoms with Crippen molar-refractivity contribution in [2.45, 2.75) is 69.2 Å². The number of hydrogen-bond acceptors (Lipinski definition) is 9. The molecule has 1 aromatic carbocycles. The quantitative estimate of drug-likeness (QED) is 0.224. The van der Waals surface area contributed by atoms with Gasteiger partial charge in [-0.2, -0.15) is 5.10 Å². The zero-order valence-corrected chi connectivity index (χ0v) is 24.6. The summed E-state index contributed by atoms with van der Waals surface area (Å²) in [5.74, 6) is -1.82. The molecule has 2 aromatic heterocycles. The van der Waals surface area contributed by atoms with Crippen molar-refractivity contribution >= 4 is 40.7 Å². The first-order valence-corrected chi connectivity index (χ1v) is 18.5. The number of sulfone groups is 1. The lowest BCUT2D eigenvalue weighted by Gasteiger charge is -2.17. The molecule has 1 aliphatic carbocycles. The summed E-state index contributed by atoms with van der Waals surface area (Å²) in [5, 5.41) is 20.1. The molecule has 218 valence electrons. The second kappa shape index (κ2) is 11.8. The van der Waals surface area contributed by atoms with E-state index in [1.54, 1.807) is 0 Å². The molecule has 0 radical (unpaired) electrons. The van der Waals surface area contributed by atoms with Gasteiger partial charge >= 0.3 is 0 Å². The zero-order valence-electron chi connectivity index (χ0n) is 22.8. The van der Waals surface area contributed by atoms with Gasteiger partial charge in [0.15, 0.2) is 11.3 Å². The molecule has 0 spiro atoms. The largest absolute Gasteiger partial charge is 0.391 e. The van der Waals surface area contributed by atoms with E-state index in [0.717, 1.165) is 30.5 Å². The zero-order chi connectivity index (χ0) is 29.2. The Labute approximate surface area is 232 Å². The highest BCUT2D eigenvalue weighted by Gasteiger charge is 2.39. The molecule has 1 saturated carbocycles. The third kappa shape index (κ3) is 7.19. The molecule has 3 atom stereocenters. The number of nitrogens with one attached hydrogen (secondary N) is 2. The number of hydrogen-bond donors (Lipinski definition) is 3. The van der Waals surface area contributed by atoms with Crippen LogP contribution in [-0.2, 0) is 27.8 Å². The van der Waals surface area contributed by atoms with E-state index in [9.17, 15) is 27.1 Å². The lowest BCUT2D eigenvalue weighted by Crippen LogP contribution is -2.29. The number of aromatic nitrogens is 4. The van der Waals surface area contributed by atoms with Gasteiger partial charge in [0.2, 0.25) is 0 Å². The number of benzene rings is 1. The Bertz CT molecular complexity index is 1500. The molecule has 1 amide bonds. The summed E-state index contributed by atoms with van der Waals surface area (Å²) >= 11 is 0. The molecular weight excluding hydrogens is 562 g/mol. The van der Waals surface area contributed by atoms with Crippen LogP contribution in [0.15, 0.2) is 24.5 Å². The molecule has 1 aliphatic rings. The van der Waals surface area contributed by atoms with Gasteiger partial charge in [-0.05, 0) is 37.1 Å². The molecule has 11 nitrogen and oxygen atoms in total. The second-order valence-electron chi connectivity index (χ2n) is 11.3. The van der Waals surface area contributed by atoms with Gasteiger partial charge in [-0.3, -0.25) is 4.79 Å². The van der Waals surface area contributed by atoms with E-state index in [1.807, 2.05) is 0 Å². The molecule has 3 N–H and O–H groups in total. The molecule has 40 heavy (non-hydrogen) atoms. The Kier molecular flexibility index (Phi) is 8.87. The van der Waals surface area contributed by atoms with E-state index in [-0.39, 0.29) is 54.2 Å². The predicted molar refractivity (Wildman–Crippen MR) is 148 cm³/mol. The van der Waals surface area contributed by atoms with Crippen molar-refractivity contribution in [3.05, 3.63) is 47.4 Å². The van der Waals surface area contributed by atoms with Crippen molar-refractivity contribution in [2.24, 2.45) is 0 Å². The topological polar surface area (TPSA) is 148 Å². The smallest absolute Gasteiger partial charge is 0.272 e. The number of carbonyl (C=O) groups excluding carboxylic acids is 1. The van der Waals surface area contributed by atoms with Crippen molar-refractivity contribution in [3.8, 4) is 0 Å². The molecule has 2 heterocycles. The van der Waals surface area contributed by atoms with E-state index in [1.165, 1.54) is 11.0 Å². The summed E-state index contributed by atoms with van der Waals surface area (Å²) in [4.78, 5) is 21.8. The molecular formula is C25H34F2N6O5SSi. The Morgan fingerprint density at radius 2 is 1.98 bits per heavy atom. The van der Waals surface area contributed by atoms with Crippen LogP contribution in [0.25, 0.3) is 11.0 Å². The maximum absolute atomic E-state index is 14.1. The Morgan fingerprint density at radius 3 is 2.65 bits per heavy atom. The van der Waals surface area contributed by atoms with Gasteiger partial charge in [0.1, 0.15) is 40.3 Å².